The molecule has 3 atom stereocenters. The van der Waals surface area contributed by atoms with Crippen LogP contribution in [0.3, 0.4) is 0 Å². The fourth-order valence-corrected chi connectivity index (χ4v) is 3.22. The molecule has 20 heavy (non-hydrogen) atoms. The predicted molar refractivity (Wildman–Crippen MR) is 82.8 cm³/mol. The second kappa shape index (κ2) is 5.58. The van der Waals surface area contributed by atoms with Gasteiger partial charge in [-0.3, -0.25) is 0 Å². The summed E-state index contributed by atoms with van der Waals surface area (Å²) in [6.07, 6.45) is 1.21. The van der Waals surface area contributed by atoms with Gasteiger partial charge in [0.15, 0.2) is 0 Å². The molecule has 0 aliphatic carbocycles. The lowest BCUT2D eigenvalue weighted by Crippen LogP contribution is -2.47. The topological polar surface area (TPSA) is 28.4 Å². The number of para-hydroxylation sites is 1. The Morgan fingerprint density at radius 1 is 1.35 bits per heavy atom. The van der Waals surface area contributed by atoms with Crippen LogP contribution in [0.1, 0.15) is 32.1 Å². The van der Waals surface area contributed by atoms with E-state index in [1.165, 1.54) is 24.9 Å². The summed E-state index contributed by atoms with van der Waals surface area (Å²) in [5.41, 5.74) is 0.979. The molecule has 3 heteroatoms. The van der Waals surface area contributed by atoms with Crippen LogP contribution in [0.4, 0.5) is 0 Å². The summed E-state index contributed by atoms with van der Waals surface area (Å²) in [5, 5.41) is 4.93. The number of furan rings is 1. The standard InChI is InChI=1S/C17H24N2O/c1-12-11-19(3)9-8-15(12)18-13(2)17-10-14-6-4-5-7-16(14)20-17/h4-7,10,12-13,15,18H,8-9,11H2,1-3H3. The maximum absolute atomic E-state index is 5.95. The summed E-state index contributed by atoms with van der Waals surface area (Å²) < 4.78 is 5.95. The fraction of sp³-hybridized carbons (Fsp3) is 0.529. The summed E-state index contributed by atoms with van der Waals surface area (Å²) in [7, 11) is 2.20. The van der Waals surface area contributed by atoms with Crippen LogP contribution in [0.5, 0.6) is 0 Å². The normalized spacial score (nSPS) is 25.9. The first-order valence-electron chi connectivity index (χ1n) is 7.56. The van der Waals surface area contributed by atoms with Crippen LogP contribution < -0.4 is 5.32 Å². The van der Waals surface area contributed by atoms with Crippen molar-refractivity contribution in [3.63, 3.8) is 0 Å². The molecule has 0 bridgehead atoms. The highest BCUT2D eigenvalue weighted by Crippen LogP contribution is 2.25. The Balaban J connectivity index is 1.71. The van der Waals surface area contributed by atoms with Crippen molar-refractivity contribution in [1.82, 2.24) is 10.2 Å². The van der Waals surface area contributed by atoms with Gasteiger partial charge in [0.1, 0.15) is 11.3 Å². The van der Waals surface area contributed by atoms with E-state index < -0.39 is 0 Å². The number of nitrogens with zero attached hydrogens (tertiary/aromatic N) is 1. The number of benzene rings is 1. The first kappa shape index (κ1) is 13.7. The van der Waals surface area contributed by atoms with Crippen LogP contribution >= 0.6 is 0 Å². The third kappa shape index (κ3) is 2.74. The minimum atomic E-state index is 0.262. The first-order valence-corrected chi connectivity index (χ1v) is 7.56. The SMILES string of the molecule is CC(NC1CCN(C)CC1C)c1cc2ccccc2o1. The molecule has 1 aromatic heterocycles. The number of fused-ring (bicyclic) bond motifs is 1. The summed E-state index contributed by atoms with van der Waals surface area (Å²) >= 11 is 0. The molecule has 108 valence electrons. The Bertz CT molecular complexity index is 544. The highest BCUT2D eigenvalue weighted by atomic mass is 16.3. The van der Waals surface area contributed by atoms with Crippen LogP contribution in [0.15, 0.2) is 34.7 Å². The average Bonchev–Trinajstić information content (AvgIpc) is 2.86. The van der Waals surface area contributed by atoms with Gasteiger partial charge in [-0.1, -0.05) is 25.1 Å². The molecule has 1 N–H and O–H groups in total. The predicted octanol–water partition coefficient (Wildman–Crippen LogP) is 3.42. The summed E-state index contributed by atoms with van der Waals surface area (Å²) in [6, 6.07) is 11.2. The maximum atomic E-state index is 5.95. The monoisotopic (exact) mass is 272 g/mol. The lowest BCUT2D eigenvalue weighted by atomic mass is 9.93. The largest absolute Gasteiger partial charge is 0.459 e. The van der Waals surface area contributed by atoms with Crippen molar-refractivity contribution in [3.8, 4) is 0 Å². The van der Waals surface area contributed by atoms with E-state index in [-0.39, 0.29) is 6.04 Å². The molecule has 2 aromatic rings. The maximum Gasteiger partial charge on any atom is 0.134 e. The third-order valence-corrected chi connectivity index (χ3v) is 4.44. The van der Waals surface area contributed by atoms with E-state index in [1.807, 2.05) is 12.1 Å². The number of hydrogen-bond acceptors (Lipinski definition) is 3. The van der Waals surface area contributed by atoms with Crippen molar-refractivity contribution in [2.24, 2.45) is 5.92 Å². The smallest absolute Gasteiger partial charge is 0.134 e. The Labute approximate surface area is 120 Å². The zero-order valence-electron chi connectivity index (χ0n) is 12.6. The van der Waals surface area contributed by atoms with Gasteiger partial charge in [-0.25, -0.2) is 0 Å². The van der Waals surface area contributed by atoms with E-state index >= 15 is 0 Å². The number of hydrogen-bond donors (Lipinski definition) is 1. The van der Waals surface area contributed by atoms with Crippen LogP contribution in [-0.2, 0) is 0 Å². The van der Waals surface area contributed by atoms with Gasteiger partial charge in [-0.2, -0.15) is 0 Å². The summed E-state index contributed by atoms with van der Waals surface area (Å²) in [5.74, 6) is 1.72. The number of nitrogens with one attached hydrogen (secondary N) is 1. The van der Waals surface area contributed by atoms with Crippen LogP contribution in [0, 0.1) is 5.92 Å². The minimum absolute atomic E-state index is 0.262. The van der Waals surface area contributed by atoms with Gasteiger partial charge < -0.3 is 14.6 Å². The molecule has 3 rings (SSSR count). The Morgan fingerprint density at radius 2 is 2.15 bits per heavy atom. The molecule has 3 unspecified atom stereocenters. The van der Waals surface area contributed by atoms with E-state index in [9.17, 15) is 0 Å². The molecule has 3 nitrogen and oxygen atoms in total. The quantitative estimate of drug-likeness (QED) is 0.928. The molecule has 1 fully saturated rings. The number of rotatable bonds is 3. The number of piperidine rings is 1. The Morgan fingerprint density at radius 3 is 2.90 bits per heavy atom. The molecule has 0 saturated carbocycles. The van der Waals surface area contributed by atoms with E-state index in [1.54, 1.807) is 0 Å². The highest BCUT2D eigenvalue weighted by Gasteiger charge is 2.26. The summed E-state index contributed by atoms with van der Waals surface area (Å²) in [6.45, 7) is 6.88. The van der Waals surface area contributed by atoms with Gasteiger partial charge in [0.2, 0.25) is 0 Å². The molecular weight excluding hydrogens is 248 g/mol. The second-order valence-electron chi connectivity index (χ2n) is 6.21. The van der Waals surface area contributed by atoms with Gasteiger partial charge in [0.05, 0.1) is 6.04 Å². The molecule has 1 aliphatic heterocycles. The van der Waals surface area contributed by atoms with Crippen LogP contribution in [0.2, 0.25) is 0 Å². The molecule has 1 aromatic carbocycles. The van der Waals surface area contributed by atoms with Gasteiger partial charge in [-0.05, 0) is 45.0 Å². The second-order valence-corrected chi connectivity index (χ2v) is 6.21. The lowest BCUT2D eigenvalue weighted by Gasteiger charge is -2.36. The molecular formula is C17H24N2O. The third-order valence-electron chi connectivity index (χ3n) is 4.44. The molecule has 1 saturated heterocycles. The molecule has 1 aliphatic rings. The minimum Gasteiger partial charge on any atom is -0.459 e. The van der Waals surface area contributed by atoms with Gasteiger partial charge in [0, 0.05) is 18.0 Å². The molecule has 2 heterocycles. The van der Waals surface area contributed by atoms with Crippen LogP contribution in [0.25, 0.3) is 11.0 Å². The van der Waals surface area contributed by atoms with Crippen molar-refractivity contribution in [2.45, 2.75) is 32.4 Å². The first-order chi connectivity index (χ1) is 9.63. The number of likely N-dealkylation sites (tertiary alicyclic amines) is 1. The van der Waals surface area contributed by atoms with Gasteiger partial charge in [-0.15, -0.1) is 0 Å². The summed E-state index contributed by atoms with van der Waals surface area (Å²) in [4.78, 5) is 2.41. The van der Waals surface area contributed by atoms with E-state index in [4.69, 9.17) is 4.42 Å². The van der Waals surface area contributed by atoms with E-state index in [0.29, 0.717) is 12.0 Å². The zero-order chi connectivity index (χ0) is 14.1. The van der Waals surface area contributed by atoms with Crippen molar-refractivity contribution >= 4 is 11.0 Å². The molecule has 0 spiro atoms. The van der Waals surface area contributed by atoms with E-state index in [0.717, 1.165) is 11.3 Å². The van der Waals surface area contributed by atoms with Crippen molar-refractivity contribution in [1.29, 1.82) is 0 Å². The molecule has 0 radical (unpaired) electrons. The van der Waals surface area contributed by atoms with Gasteiger partial charge in [0.25, 0.3) is 0 Å². The van der Waals surface area contributed by atoms with E-state index in [2.05, 4.69) is 49.3 Å². The van der Waals surface area contributed by atoms with Crippen molar-refractivity contribution in [3.05, 3.63) is 36.1 Å². The zero-order valence-corrected chi connectivity index (χ0v) is 12.6. The Hall–Kier alpha value is -1.32. The van der Waals surface area contributed by atoms with Gasteiger partial charge >= 0.3 is 0 Å². The van der Waals surface area contributed by atoms with Crippen LogP contribution in [-0.4, -0.2) is 31.1 Å². The van der Waals surface area contributed by atoms with Crippen molar-refractivity contribution in [2.75, 3.05) is 20.1 Å². The average molecular weight is 272 g/mol. The fourth-order valence-electron chi connectivity index (χ4n) is 3.22. The lowest BCUT2D eigenvalue weighted by molar-refractivity contribution is 0.165. The van der Waals surface area contributed by atoms with Crippen molar-refractivity contribution < 1.29 is 4.42 Å². The Kier molecular flexibility index (Phi) is 3.81. The molecule has 0 amide bonds. The highest BCUT2D eigenvalue weighted by molar-refractivity contribution is 5.77.